The average Bonchev–Trinajstić information content (AvgIpc) is 2.56. The van der Waals surface area contributed by atoms with Crippen LogP contribution in [0.25, 0.3) is 0 Å². The first-order valence-electron chi connectivity index (χ1n) is 7.70. The first-order valence-corrected chi connectivity index (χ1v) is 9.42. The van der Waals surface area contributed by atoms with Crippen LogP contribution < -0.4 is 4.90 Å². The van der Waals surface area contributed by atoms with E-state index in [1.807, 2.05) is 0 Å². The average molecular weight is 447 g/mol. The zero-order valence-corrected chi connectivity index (χ0v) is 15.5. The number of nitrogens with zero attached hydrogens (tertiary/aromatic N) is 1. The van der Waals surface area contributed by atoms with E-state index >= 15 is 0 Å². The Labute approximate surface area is 161 Å². The van der Waals surface area contributed by atoms with Crippen LogP contribution in [-0.4, -0.2) is 70.7 Å². The minimum absolute atomic E-state index is 0.0453. The van der Waals surface area contributed by atoms with E-state index in [9.17, 15) is 50.9 Å². The summed E-state index contributed by atoms with van der Waals surface area (Å²) >= 11 is 0. The van der Waals surface area contributed by atoms with Crippen LogP contribution in [0.15, 0.2) is 18.2 Å². The lowest BCUT2D eigenvalue weighted by atomic mass is 10.1. The number of alkyl halides is 3. The van der Waals surface area contributed by atoms with Gasteiger partial charge in [-0.2, -0.15) is 13.2 Å². The molecule has 0 aliphatic heterocycles. The summed E-state index contributed by atoms with van der Waals surface area (Å²) in [5.74, 6) is -6.05. The summed E-state index contributed by atoms with van der Waals surface area (Å²) in [7, 11) is -4.93. The molecule has 1 aromatic carbocycles. The van der Waals surface area contributed by atoms with Gasteiger partial charge in [0.25, 0.3) is 0 Å². The molecule has 29 heavy (non-hydrogen) atoms. The van der Waals surface area contributed by atoms with Crippen molar-refractivity contribution in [3.8, 4) is 0 Å². The zero-order valence-electron chi connectivity index (χ0n) is 14.7. The van der Waals surface area contributed by atoms with Crippen molar-refractivity contribution in [3.63, 3.8) is 0 Å². The van der Waals surface area contributed by atoms with Crippen LogP contribution in [0.2, 0.25) is 0 Å². The van der Waals surface area contributed by atoms with Crippen LogP contribution in [0.1, 0.15) is 12.5 Å². The quantitative estimate of drug-likeness (QED) is 0.398. The number of sulfone groups is 1. The molecule has 3 atom stereocenters. The predicted octanol–water partition coefficient (Wildman–Crippen LogP) is -0.263. The maximum absolute atomic E-state index is 13.3. The fraction of sp³-hybridized carbons (Fsp3) is 0.467. The van der Waals surface area contributed by atoms with Crippen LogP contribution in [0.3, 0.4) is 0 Å². The Morgan fingerprint density at radius 1 is 1.21 bits per heavy atom. The fourth-order valence-electron chi connectivity index (χ4n) is 2.53. The number of rotatable bonds is 8. The van der Waals surface area contributed by atoms with Crippen molar-refractivity contribution in [2.24, 2.45) is 0 Å². The van der Waals surface area contributed by atoms with Gasteiger partial charge in [-0.05, 0) is 18.2 Å². The number of benzene rings is 1. The Morgan fingerprint density at radius 2 is 1.76 bits per heavy atom. The Kier molecular flexibility index (Phi) is 7.70. The first kappa shape index (κ1) is 24.7. The molecule has 0 aliphatic rings. The van der Waals surface area contributed by atoms with Gasteiger partial charge in [0, 0.05) is 6.92 Å². The summed E-state index contributed by atoms with van der Waals surface area (Å²) in [5, 5.41) is 38.0. The van der Waals surface area contributed by atoms with E-state index in [1.165, 1.54) is 0 Å². The highest BCUT2D eigenvalue weighted by molar-refractivity contribution is 7.92. The molecule has 0 aromatic heterocycles. The Morgan fingerprint density at radius 3 is 2.17 bits per heavy atom. The second-order valence-electron chi connectivity index (χ2n) is 5.88. The maximum Gasteiger partial charge on any atom is 0.418 e. The maximum atomic E-state index is 13.3. The zero-order chi connectivity index (χ0) is 22.7. The number of hydrogen-bond donors (Lipinski definition) is 4. The van der Waals surface area contributed by atoms with Gasteiger partial charge in [0.05, 0.1) is 23.9 Å². The van der Waals surface area contributed by atoms with Crippen molar-refractivity contribution in [1.82, 2.24) is 0 Å². The Balaban J connectivity index is 3.51. The second-order valence-corrected chi connectivity index (χ2v) is 7.98. The molecule has 0 radical (unpaired) electrons. The molecule has 1 amide bonds. The molecule has 0 bridgehead atoms. The largest absolute Gasteiger partial charge is 0.480 e. The number of carbonyl (C=O) groups excluding carboxylic acids is 1. The van der Waals surface area contributed by atoms with E-state index in [-0.39, 0.29) is 11.0 Å². The van der Waals surface area contributed by atoms with Gasteiger partial charge < -0.3 is 25.3 Å². The number of aliphatic carboxylic acids is 1. The molecule has 0 spiro atoms. The normalized spacial score (nSPS) is 15.4. The van der Waals surface area contributed by atoms with Gasteiger partial charge in [0.2, 0.25) is 5.91 Å². The number of aliphatic hydroxyl groups excluding tert-OH is 3. The van der Waals surface area contributed by atoms with Gasteiger partial charge >= 0.3 is 12.1 Å². The third-order valence-electron chi connectivity index (χ3n) is 3.76. The first-order chi connectivity index (χ1) is 13.1. The summed E-state index contributed by atoms with van der Waals surface area (Å²) in [6.45, 7) is -0.605. The van der Waals surface area contributed by atoms with Gasteiger partial charge in [-0.25, -0.2) is 12.8 Å². The third-order valence-corrected chi connectivity index (χ3v) is 5.42. The molecule has 0 saturated carbocycles. The van der Waals surface area contributed by atoms with Crippen LogP contribution in [0, 0.1) is 5.82 Å². The number of anilines is 1. The summed E-state index contributed by atoms with van der Waals surface area (Å²) < 4.78 is 76.7. The molecule has 1 aromatic rings. The smallest absolute Gasteiger partial charge is 0.418 e. The van der Waals surface area contributed by atoms with E-state index in [0.29, 0.717) is 12.1 Å². The summed E-state index contributed by atoms with van der Waals surface area (Å²) in [4.78, 5) is 22.7. The van der Waals surface area contributed by atoms with Crippen molar-refractivity contribution in [1.29, 1.82) is 0 Å². The number of halogens is 4. The summed E-state index contributed by atoms with van der Waals surface area (Å²) in [6, 6.07) is -1.02. The van der Waals surface area contributed by atoms with Crippen LogP contribution in [0.4, 0.5) is 23.2 Å². The number of carboxylic acid groups (broad SMARTS) is 1. The standard InChI is InChI=1S/C15H17F4NO8S/c1-7(22)20(10-3-2-8(16)4-9(10)15(17,18)19)11(5-21)13(25)14(26)29(27,28)6-12(23)24/h2-4,11,13-14,21,25-26H,5-6H2,1H3,(H,23,24). The van der Waals surface area contributed by atoms with Crippen molar-refractivity contribution in [2.75, 3.05) is 17.3 Å². The van der Waals surface area contributed by atoms with Crippen LogP contribution in [-0.2, 0) is 25.6 Å². The van der Waals surface area contributed by atoms with E-state index in [0.717, 1.165) is 6.92 Å². The number of hydrogen-bond acceptors (Lipinski definition) is 7. The van der Waals surface area contributed by atoms with Gasteiger partial charge in [-0.1, -0.05) is 0 Å². The van der Waals surface area contributed by atoms with Gasteiger partial charge in [-0.3, -0.25) is 9.59 Å². The van der Waals surface area contributed by atoms with Crippen molar-refractivity contribution < 1.29 is 56.0 Å². The van der Waals surface area contributed by atoms with E-state index in [4.69, 9.17) is 5.11 Å². The topological polar surface area (TPSA) is 152 Å². The van der Waals surface area contributed by atoms with Gasteiger partial charge in [0.15, 0.2) is 21.0 Å². The summed E-state index contributed by atoms with van der Waals surface area (Å²) in [5.41, 5.74) is -5.54. The monoisotopic (exact) mass is 447 g/mol. The minimum atomic E-state index is -5.18. The molecule has 14 heteroatoms. The molecule has 1 rings (SSSR count). The predicted molar refractivity (Wildman–Crippen MR) is 88.9 cm³/mol. The molecule has 0 fully saturated rings. The number of carbonyl (C=O) groups is 2. The van der Waals surface area contributed by atoms with E-state index in [2.05, 4.69) is 0 Å². The van der Waals surface area contributed by atoms with Crippen molar-refractivity contribution >= 4 is 27.4 Å². The number of amides is 1. The molecule has 9 nitrogen and oxygen atoms in total. The molecule has 3 unspecified atom stereocenters. The van der Waals surface area contributed by atoms with Crippen molar-refractivity contribution in [2.45, 2.75) is 30.7 Å². The molecular formula is C15H17F4NO8S. The molecule has 4 N–H and O–H groups in total. The van der Waals surface area contributed by atoms with E-state index in [1.54, 1.807) is 0 Å². The fourth-order valence-corrected chi connectivity index (χ4v) is 3.65. The Bertz CT molecular complexity index is 874. The Hall–Kier alpha value is -2.29. The molecule has 0 saturated heterocycles. The van der Waals surface area contributed by atoms with Gasteiger partial charge in [-0.15, -0.1) is 0 Å². The van der Waals surface area contributed by atoms with Gasteiger partial charge in [0.1, 0.15) is 11.9 Å². The van der Waals surface area contributed by atoms with Crippen LogP contribution >= 0.6 is 0 Å². The lowest BCUT2D eigenvalue weighted by Gasteiger charge is -2.35. The summed E-state index contributed by atoms with van der Waals surface area (Å²) in [6.07, 6.45) is -7.77. The highest BCUT2D eigenvalue weighted by Crippen LogP contribution is 2.38. The third kappa shape index (κ3) is 5.85. The lowest BCUT2D eigenvalue weighted by molar-refractivity contribution is -0.137. The van der Waals surface area contributed by atoms with Crippen molar-refractivity contribution in [3.05, 3.63) is 29.6 Å². The molecule has 0 heterocycles. The van der Waals surface area contributed by atoms with Crippen LogP contribution in [0.5, 0.6) is 0 Å². The number of carboxylic acids is 1. The molecular weight excluding hydrogens is 430 g/mol. The number of aliphatic hydroxyl groups is 3. The SMILES string of the molecule is CC(=O)N(c1ccc(F)cc1C(F)(F)F)C(CO)C(O)C(O)S(=O)(=O)CC(=O)O. The molecule has 164 valence electrons. The highest BCUT2D eigenvalue weighted by Gasteiger charge is 2.43. The lowest BCUT2D eigenvalue weighted by Crippen LogP contribution is -2.55. The minimum Gasteiger partial charge on any atom is -0.480 e. The highest BCUT2D eigenvalue weighted by atomic mass is 32.2. The van der Waals surface area contributed by atoms with E-state index < -0.39 is 74.9 Å². The molecule has 0 aliphatic carbocycles. The second kappa shape index (κ2) is 9.02.